The van der Waals surface area contributed by atoms with Gasteiger partial charge in [0.2, 0.25) is 0 Å². The molecule has 1 aromatic carbocycles. The normalized spacial score (nSPS) is 11.5. The van der Waals surface area contributed by atoms with Crippen molar-refractivity contribution in [1.82, 2.24) is 0 Å². The molecular weight excluding hydrogens is 258 g/mol. The van der Waals surface area contributed by atoms with Gasteiger partial charge in [-0.15, -0.1) is 0 Å². The fraction of sp³-hybridized carbons (Fsp3) is 0.455. The minimum Gasteiger partial charge on any atom is -0.396 e. The SMILES string of the molecule is Cc1cc(S(=O)(=O)CCCO)cc(C)c1[N+](=O)O. The van der Waals surface area contributed by atoms with Gasteiger partial charge in [-0.25, -0.2) is 13.6 Å². The molecule has 0 aliphatic heterocycles. The zero-order valence-electron chi connectivity index (χ0n) is 10.3. The number of sulfone groups is 1. The summed E-state index contributed by atoms with van der Waals surface area (Å²) in [6, 6.07) is 2.69. The lowest BCUT2D eigenvalue weighted by atomic mass is 10.1. The quantitative estimate of drug-likeness (QED) is 0.788. The van der Waals surface area contributed by atoms with E-state index in [1.807, 2.05) is 0 Å². The van der Waals surface area contributed by atoms with Crippen molar-refractivity contribution in [3.63, 3.8) is 0 Å². The van der Waals surface area contributed by atoms with Gasteiger partial charge in [-0.1, -0.05) is 0 Å². The molecule has 0 aliphatic carbocycles. The molecule has 100 valence electrons. The summed E-state index contributed by atoms with van der Waals surface area (Å²) in [4.78, 5) is 10.7. The summed E-state index contributed by atoms with van der Waals surface area (Å²) in [5.41, 5.74) is 0.821. The van der Waals surface area contributed by atoms with E-state index in [1.165, 1.54) is 12.1 Å². The van der Waals surface area contributed by atoms with Crippen LogP contribution in [0.5, 0.6) is 0 Å². The second-order valence-electron chi connectivity index (χ2n) is 4.07. The maximum absolute atomic E-state index is 11.9. The maximum atomic E-state index is 11.9. The number of rotatable bonds is 5. The van der Waals surface area contributed by atoms with Crippen LogP contribution in [0.2, 0.25) is 0 Å². The Labute approximate surface area is 105 Å². The third kappa shape index (κ3) is 3.05. The molecule has 0 amide bonds. The van der Waals surface area contributed by atoms with Crippen LogP contribution >= 0.6 is 0 Å². The Bertz CT molecular complexity index is 542. The standard InChI is InChI=1S/C11H16NO5S/c1-8-6-10(18(16,17)5-3-4-13)7-9(2)11(8)12(14)15/h6-7,13H,3-5H2,1-2H3,(H,14,15)/q+1. The fourth-order valence-corrected chi connectivity index (χ4v) is 3.23. The molecule has 0 spiro atoms. The molecule has 0 unspecified atom stereocenters. The van der Waals surface area contributed by atoms with Gasteiger partial charge in [0.1, 0.15) is 0 Å². The summed E-state index contributed by atoms with van der Waals surface area (Å²) in [5.74, 6) is -0.151. The third-order valence-electron chi connectivity index (χ3n) is 2.59. The Balaban J connectivity index is 3.26. The summed E-state index contributed by atoms with van der Waals surface area (Å²) in [5, 5.41) is 17.6. The van der Waals surface area contributed by atoms with Gasteiger partial charge in [-0.05, 0) is 32.4 Å². The van der Waals surface area contributed by atoms with Gasteiger partial charge in [0.25, 0.3) is 4.92 Å². The number of benzene rings is 1. The Morgan fingerprint density at radius 3 is 2.11 bits per heavy atom. The van der Waals surface area contributed by atoms with Gasteiger partial charge in [0, 0.05) is 17.7 Å². The van der Waals surface area contributed by atoms with Crippen molar-refractivity contribution in [3.8, 4) is 0 Å². The van der Waals surface area contributed by atoms with Crippen LogP contribution in [0, 0.1) is 18.8 Å². The van der Waals surface area contributed by atoms with E-state index in [0.29, 0.717) is 11.1 Å². The molecule has 0 heterocycles. The molecule has 7 heteroatoms. The van der Waals surface area contributed by atoms with E-state index < -0.39 is 9.84 Å². The number of hydrogen-bond donors (Lipinski definition) is 2. The summed E-state index contributed by atoms with van der Waals surface area (Å²) in [6.45, 7) is 2.91. The van der Waals surface area contributed by atoms with E-state index >= 15 is 0 Å². The molecule has 1 aromatic rings. The van der Waals surface area contributed by atoms with Crippen LogP contribution in [0.1, 0.15) is 17.5 Å². The highest BCUT2D eigenvalue weighted by Crippen LogP contribution is 2.26. The smallest absolute Gasteiger partial charge is 0.322 e. The van der Waals surface area contributed by atoms with E-state index in [2.05, 4.69) is 0 Å². The molecule has 18 heavy (non-hydrogen) atoms. The number of hydrogen-bond acceptors (Lipinski definition) is 4. The van der Waals surface area contributed by atoms with E-state index in [-0.39, 0.29) is 34.3 Å². The molecule has 0 fully saturated rings. The molecule has 0 aliphatic rings. The summed E-state index contributed by atoms with van der Waals surface area (Å²) in [7, 11) is -3.47. The van der Waals surface area contributed by atoms with Crippen molar-refractivity contribution in [3.05, 3.63) is 28.2 Å². The highest BCUT2D eigenvalue weighted by Gasteiger charge is 2.24. The topological polar surface area (TPSA) is 94.7 Å². The first-order valence-corrected chi connectivity index (χ1v) is 7.06. The van der Waals surface area contributed by atoms with Crippen LogP contribution in [0.25, 0.3) is 0 Å². The van der Waals surface area contributed by atoms with E-state index in [1.54, 1.807) is 13.8 Å². The minimum absolute atomic E-state index is 0.0520. The molecule has 0 saturated carbocycles. The predicted molar refractivity (Wildman–Crippen MR) is 64.7 cm³/mol. The molecule has 0 atom stereocenters. The van der Waals surface area contributed by atoms with Crippen molar-refractivity contribution in [2.24, 2.45) is 0 Å². The largest absolute Gasteiger partial charge is 0.396 e. The van der Waals surface area contributed by atoms with Crippen LogP contribution in [0.3, 0.4) is 0 Å². The van der Waals surface area contributed by atoms with Crippen LogP contribution in [0.15, 0.2) is 17.0 Å². The fourth-order valence-electron chi connectivity index (χ4n) is 1.77. The van der Waals surface area contributed by atoms with Crippen molar-refractivity contribution in [2.45, 2.75) is 25.2 Å². The average Bonchev–Trinajstić information content (AvgIpc) is 2.24. The molecule has 6 nitrogen and oxygen atoms in total. The number of aryl methyl sites for hydroxylation is 2. The highest BCUT2D eigenvalue weighted by molar-refractivity contribution is 7.91. The van der Waals surface area contributed by atoms with Crippen molar-refractivity contribution in [1.29, 1.82) is 0 Å². The van der Waals surface area contributed by atoms with E-state index in [4.69, 9.17) is 10.3 Å². The van der Waals surface area contributed by atoms with Crippen LogP contribution in [-0.2, 0) is 9.84 Å². The second-order valence-corrected chi connectivity index (χ2v) is 6.18. The van der Waals surface area contributed by atoms with Gasteiger partial charge in [0.15, 0.2) is 9.84 Å². The van der Waals surface area contributed by atoms with Crippen LogP contribution in [0.4, 0.5) is 5.69 Å². The number of nitrogens with zero attached hydrogens (tertiary/aromatic N) is 1. The van der Waals surface area contributed by atoms with Crippen molar-refractivity contribution in [2.75, 3.05) is 12.4 Å². The number of aliphatic hydroxyl groups is 1. The molecular formula is C11H16NO5S+. The third-order valence-corrected chi connectivity index (χ3v) is 4.37. The Morgan fingerprint density at radius 2 is 1.72 bits per heavy atom. The van der Waals surface area contributed by atoms with Crippen molar-refractivity contribution < 1.29 is 23.7 Å². The maximum Gasteiger partial charge on any atom is 0.322 e. The number of aliphatic hydroxyl groups excluding tert-OH is 1. The lowest BCUT2D eigenvalue weighted by Crippen LogP contribution is -2.10. The zero-order chi connectivity index (χ0) is 13.9. The summed E-state index contributed by atoms with van der Waals surface area (Å²) in [6.07, 6.45) is 0.163. The molecule has 0 bridgehead atoms. The first-order chi connectivity index (χ1) is 8.29. The summed E-state index contributed by atoms with van der Waals surface area (Å²) < 4.78 is 23.8. The highest BCUT2D eigenvalue weighted by atomic mass is 32.2. The minimum atomic E-state index is -3.47. The first kappa shape index (κ1) is 14.6. The monoisotopic (exact) mass is 274 g/mol. The second kappa shape index (κ2) is 5.45. The molecule has 0 radical (unpaired) electrons. The first-order valence-electron chi connectivity index (χ1n) is 5.40. The van der Waals surface area contributed by atoms with E-state index in [9.17, 15) is 13.3 Å². The van der Waals surface area contributed by atoms with Gasteiger partial charge in [-0.2, -0.15) is 0 Å². The van der Waals surface area contributed by atoms with Gasteiger partial charge >= 0.3 is 5.69 Å². The molecule has 1 rings (SSSR count). The predicted octanol–water partition coefficient (Wildman–Crippen LogP) is 1.26. The zero-order valence-corrected chi connectivity index (χ0v) is 11.1. The van der Waals surface area contributed by atoms with Gasteiger partial charge < -0.3 is 5.11 Å². The summed E-state index contributed by atoms with van der Waals surface area (Å²) >= 11 is 0. The van der Waals surface area contributed by atoms with Gasteiger partial charge in [0.05, 0.1) is 15.6 Å². The van der Waals surface area contributed by atoms with E-state index in [0.717, 1.165) is 0 Å². The molecule has 2 N–H and O–H groups in total. The lowest BCUT2D eigenvalue weighted by Gasteiger charge is -2.06. The lowest BCUT2D eigenvalue weighted by molar-refractivity contribution is -0.730. The van der Waals surface area contributed by atoms with Crippen LogP contribution < -0.4 is 0 Å². The van der Waals surface area contributed by atoms with Crippen molar-refractivity contribution >= 4 is 15.5 Å². The molecule has 0 aromatic heterocycles. The van der Waals surface area contributed by atoms with Gasteiger partial charge in [-0.3, -0.25) is 0 Å². The Morgan fingerprint density at radius 1 is 1.22 bits per heavy atom. The molecule has 0 saturated heterocycles. The average molecular weight is 274 g/mol. The van der Waals surface area contributed by atoms with Crippen LogP contribution in [-0.4, -0.2) is 36.0 Å². The Hall–Kier alpha value is -1.47. The Kier molecular flexibility index (Phi) is 4.42.